The molecule has 0 aliphatic heterocycles. The van der Waals surface area contributed by atoms with Crippen molar-refractivity contribution in [1.82, 2.24) is 0 Å². The molecule has 0 bridgehead atoms. The van der Waals surface area contributed by atoms with E-state index >= 15 is 0 Å². The number of ether oxygens (including phenoxy) is 2. The maximum Gasteiger partial charge on any atom is 0.338 e. The molecule has 2 aromatic carbocycles. The molecule has 0 fully saturated rings. The van der Waals surface area contributed by atoms with E-state index in [9.17, 15) is 9.59 Å². The van der Waals surface area contributed by atoms with Crippen LogP contribution < -0.4 is 10.1 Å². The number of amides is 1. The maximum absolute atomic E-state index is 12.6. The van der Waals surface area contributed by atoms with Gasteiger partial charge in [0.05, 0.1) is 19.3 Å². The molecular weight excluding hydrogens is 334 g/mol. The Bertz CT molecular complexity index is 973. The van der Waals surface area contributed by atoms with Crippen molar-refractivity contribution in [3.63, 3.8) is 0 Å². The smallest absolute Gasteiger partial charge is 0.338 e. The van der Waals surface area contributed by atoms with Crippen molar-refractivity contribution < 1.29 is 23.5 Å². The number of hydrogen-bond donors (Lipinski definition) is 1. The van der Waals surface area contributed by atoms with Crippen molar-refractivity contribution in [2.45, 2.75) is 13.8 Å². The fourth-order valence-electron chi connectivity index (χ4n) is 2.59. The number of fused-ring (bicyclic) bond motifs is 1. The summed E-state index contributed by atoms with van der Waals surface area (Å²) in [6.45, 7) is 3.87. The SMILES string of the molecule is CCOC(=O)c1ccc(C)c(NC(=O)c2cc3cccc(OC)c3o2)c1. The van der Waals surface area contributed by atoms with Gasteiger partial charge in [0.25, 0.3) is 5.91 Å². The van der Waals surface area contributed by atoms with Gasteiger partial charge in [0, 0.05) is 11.1 Å². The largest absolute Gasteiger partial charge is 0.493 e. The average Bonchev–Trinajstić information content (AvgIpc) is 3.08. The zero-order chi connectivity index (χ0) is 18.7. The number of carbonyl (C=O) groups is 2. The molecule has 0 saturated carbocycles. The lowest BCUT2D eigenvalue weighted by molar-refractivity contribution is 0.0526. The van der Waals surface area contributed by atoms with Gasteiger partial charge in [-0.15, -0.1) is 0 Å². The minimum absolute atomic E-state index is 0.158. The van der Waals surface area contributed by atoms with Gasteiger partial charge in [-0.05, 0) is 43.7 Å². The van der Waals surface area contributed by atoms with Crippen LogP contribution in [0.15, 0.2) is 46.9 Å². The Kier molecular flexibility index (Phi) is 4.93. The van der Waals surface area contributed by atoms with E-state index in [0.29, 0.717) is 22.6 Å². The highest BCUT2D eigenvalue weighted by Crippen LogP contribution is 2.29. The van der Waals surface area contributed by atoms with Crippen LogP contribution in [-0.4, -0.2) is 25.6 Å². The van der Waals surface area contributed by atoms with Gasteiger partial charge < -0.3 is 19.2 Å². The number of hydrogen-bond acceptors (Lipinski definition) is 5. The summed E-state index contributed by atoms with van der Waals surface area (Å²) < 4.78 is 15.9. The Morgan fingerprint density at radius 1 is 1.15 bits per heavy atom. The number of methoxy groups -OCH3 is 1. The van der Waals surface area contributed by atoms with E-state index in [2.05, 4.69) is 5.32 Å². The molecule has 1 aromatic heterocycles. The van der Waals surface area contributed by atoms with Crippen LogP contribution in [0.4, 0.5) is 5.69 Å². The molecule has 0 aliphatic rings. The molecule has 26 heavy (non-hydrogen) atoms. The average molecular weight is 353 g/mol. The Morgan fingerprint density at radius 2 is 1.96 bits per heavy atom. The Balaban J connectivity index is 1.88. The molecule has 6 nitrogen and oxygen atoms in total. The van der Waals surface area contributed by atoms with E-state index in [1.807, 2.05) is 19.1 Å². The van der Waals surface area contributed by atoms with Crippen molar-refractivity contribution in [2.24, 2.45) is 0 Å². The first-order valence-electron chi connectivity index (χ1n) is 8.19. The summed E-state index contributed by atoms with van der Waals surface area (Å²) in [7, 11) is 1.54. The van der Waals surface area contributed by atoms with Gasteiger partial charge in [-0.25, -0.2) is 4.79 Å². The summed E-state index contributed by atoms with van der Waals surface area (Å²) in [6, 6.07) is 12.1. The van der Waals surface area contributed by atoms with Crippen molar-refractivity contribution in [1.29, 1.82) is 0 Å². The summed E-state index contributed by atoms with van der Waals surface area (Å²) in [5.74, 6) is -0.128. The number of benzene rings is 2. The van der Waals surface area contributed by atoms with Gasteiger partial charge in [0.15, 0.2) is 17.1 Å². The summed E-state index contributed by atoms with van der Waals surface area (Å²) >= 11 is 0. The summed E-state index contributed by atoms with van der Waals surface area (Å²) in [5, 5.41) is 3.55. The van der Waals surface area contributed by atoms with Crippen molar-refractivity contribution >= 4 is 28.5 Å². The lowest BCUT2D eigenvalue weighted by Crippen LogP contribution is -2.13. The minimum atomic E-state index is -0.434. The molecular formula is C20H19NO5. The molecule has 0 spiro atoms. The quantitative estimate of drug-likeness (QED) is 0.696. The second kappa shape index (κ2) is 7.31. The first kappa shape index (κ1) is 17.5. The molecule has 3 rings (SSSR count). The van der Waals surface area contributed by atoms with Crippen LogP contribution in [-0.2, 0) is 4.74 Å². The first-order valence-corrected chi connectivity index (χ1v) is 8.19. The van der Waals surface area contributed by atoms with Gasteiger partial charge >= 0.3 is 5.97 Å². The number of para-hydroxylation sites is 1. The second-order valence-electron chi connectivity index (χ2n) is 5.69. The third-order valence-electron chi connectivity index (χ3n) is 3.95. The molecule has 3 aromatic rings. The number of furan rings is 1. The van der Waals surface area contributed by atoms with Crippen molar-refractivity contribution in [2.75, 3.05) is 19.0 Å². The molecule has 134 valence electrons. The number of aryl methyl sites for hydroxylation is 1. The Morgan fingerprint density at radius 3 is 2.69 bits per heavy atom. The summed E-state index contributed by atoms with van der Waals surface area (Å²) in [5.41, 5.74) is 2.23. The minimum Gasteiger partial charge on any atom is -0.493 e. The van der Waals surface area contributed by atoms with Crippen LogP contribution in [0.1, 0.15) is 33.4 Å². The van der Waals surface area contributed by atoms with Gasteiger partial charge in [-0.1, -0.05) is 18.2 Å². The van der Waals surface area contributed by atoms with Crippen LogP contribution in [0.5, 0.6) is 5.75 Å². The zero-order valence-corrected chi connectivity index (χ0v) is 14.8. The number of nitrogens with one attached hydrogen (secondary N) is 1. The Hall–Kier alpha value is -3.28. The van der Waals surface area contributed by atoms with Crippen molar-refractivity contribution in [3.05, 3.63) is 59.4 Å². The third kappa shape index (κ3) is 3.39. The zero-order valence-electron chi connectivity index (χ0n) is 14.8. The Labute approximate surface area is 150 Å². The standard InChI is InChI=1S/C20H19NO5/c1-4-25-20(23)14-9-8-12(2)15(10-14)21-19(22)17-11-13-6-5-7-16(24-3)18(13)26-17/h5-11H,4H2,1-3H3,(H,21,22). The molecule has 1 amide bonds. The molecule has 0 atom stereocenters. The second-order valence-corrected chi connectivity index (χ2v) is 5.69. The summed E-state index contributed by atoms with van der Waals surface area (Å²) in [4.78, 5) is 24.5. The van der Waals surface area contributed by atoms with Gasteiger partial charge in [-0.3, -0.25) is 4.79 Å². The molecule has 1 N–H and O–H groups in total. The lowest BCUT2D eigenvalue weighted by Gasteiger charge is -2.09. The highest BCUT2D eigenvalue weighted by Gasteiger charge is 2.17. The summed E-state index contributed by atoms with van der Waals surface area (Å²) in [6.07, 6.45) is 0. The number of anilines is 1. The van der Waals surface area contributed by atoms with E-state index in [1.54, 1.807) is 44.4 Å². The van der Waals surface area contributed by atoms with Gasteiger partial charge in [0.1, 0.15) is 0 Å². The van der Waals surface area contributed by atoms with E-state index in [-0.39, 0.29) is 12.4 Å². The normalized spacial score (nSPS) is 10.6. The molecule has 0 saturated heterocycles. The monoisotopic (exact) mass is 353 g/mol. The molecule has 1 heterocycles. The fraction of sp³-hybridized carbons (Fsp3) is 0.200. The highest BCUT2D eigenvalue weighted by atomic mass is 16.5. The van der Waals surface area contributed by atoms with E-state index in [4.69, 9.17) is 13.9 Å². The first-order chi connectivity index (χ1) is 12.5. The van der Waals surface area contributed by atoms with Crippen LogP contribution in [0.3, 0.4) is 0 Å². The molecule has 6 heteroatoms. The van der Waals surface area contributed by atoms with Crippen LogP contribution in [0, 0.1) is 6.92 Å². The predicted octanol–water partition coefficient (Wildman–Crippen LogP) is 4.18. The fourth-order valence-corrected chi connectivity index (χ4v) is 2.59. The van der Waals surface area contributed by atoms with Gasteiger partial charge in [0.2, 0.25) is 0 Å². The number of rotatable bonds is 5. The topological polar surface area (TPSA) is 77.8 Å². The van der Waals surface area contributed by atoms with Gasteiger partial charge in [-0.2, -0.15) is 0 Å². The van der Waals surface area contributed by atoms with Crippen LogP contribution in [0.25, 0.3) is 11.0 Å². The number of esters is 1. The highest BCUT2D eigenvalue weighted by molar-refractivity contribution is 6.06. The van der Waals surface area contributed by atoms with E-state index in [0.717, 1.165) is 10.9 Å². The van der Waals surface area contributed by atoms with Crippen LogP contribution >= 0.6 is 0 Å². The van der Waals surface area contributed by atoms with E-state index < -0.39 is 11.9 Å². The molecule has 0 unspecified atom stereocenters. The maximum atomic E-state index is 12.6. The number of carbonyl (C=O) groups excluding carboxylic acids is 2. The lowest BCUT2D eigenvalue weighted by atomic mass is 10.1. The van der Waals surface area contributed by atoms with E-state index in [1.165, 1.54) is 0 Å². The van der Waals surface area contributed by atoms with Crippen molar-refractivity contribution in [3.8, 4) is 5.75 Å². The molecule has 0 radical (unpaired) electrons. The molecule has 0 aliphatic carbocycles. The van der Waals surface area contributed by atoms with Crippen LogP contribution in [0.2, 0.25) is 0 Å². The third-order valence-corrected chi connectivity index (χ3v) is 3.95. The predicted molar refractivity (Wildman–Crippen MR) is 97.9 cm³/mol.